The van der Waals surface area contributed by atoms with E-state index in [1.165, 1.54) is 7.11 Å². The second-order valence-electron chi connectivity index (χ2n) is 3.59. The van der Waals surface area contributed by atoms with Gasteiger partial charge in [-0.15, -0.1) is 0 Å². The zero-order valence-electron chi connectivity index (χ0n) is 8.15. The van der Waals surface area contributed by atoms with Crippen molar-refractivity contribution in [3.05, 3.63) is 0 Å². The van der Waals surface area contributed by atoms with Crippen LogP contribution < -0.4 is 5.14 Å². The summed E-state index contributed by atoms with van der Waals surface area (Å²) in [6, 6.07) is 0. The monoisotopic (exact) mass is 221 g/mol. The number of rotatable bonds is 2. The van der Waals surface area contributed by atoms with Crippen LogP contribution in [0.15, 0.2) is 0 Å². The van der Waals surface area contributed by atoms with Gasteiger partial charge in [0, 0.05) is 0 Å². The molecule has 0 aromatic rings. The van der Waals surface area contributed by atoms with Crippen molar-refractivity contribution in [2.75, 3.05) is 7.11 Å². The van der Waals surface area contributed by atoms with Gasteiger partial charge in [0.25, 0.3) is 0 Å². The molecule has 0 atom stereocenters. The minimum absolute atomic E-state index is 0.276. The average Bonchev–Trinajstić information content (AvgIpc) is 2.16. The lowest BCUT2D eigenvalue weighted by atomic mass is 9.88. The fourth-order valence-corrected chi connectivity index (χ4v) is 3.09. The number of carbonyl (C=O) groups is 1. The van der Waals surface area contributed by atoms with Gasteiger partial charge in [0.05, 0.1) is 7.11 Å². The van der Waals surface area contributed by atoms with Crippen molar-refractivity contribution in [1.82, 2.24) is 0 Å². The Hall–Kier alpha value is -0.620. The van der Waals surface area contributed by atoms with Crippen LogP contribution in [0.5, 0.6) is 0 Å². The number of nitrogens with two attached hydrogens (primary N) is 1. The highest BCUT2D eigenvalue weighted by Gasteiger charge is 2.50. The molecule has 6 heteroatoms. The van der Waals surface area contributed by atoms with Crippen LogP contribution in [0.25, 0.3) is 0 Å². The molecule has 5 nitrogen and oxygen atoms in total. The van der Waals surface area contributed by atoms with E-state index in [2.05, 4.69) is 4.74 Å². The Kier molecular flexibility index (Phi) is 3.16. The lowest BCUT2D eigenvalue weighted by molar-refractivity contribution is -0.144. The quantitative estimate of drug-likeness (QED) is 0.672. The van der Waals surface area contributed by atoms with Crippen molar-refractivity contribution in [2.45, 2.75) is 36.9 Å². The van der Waals surface area contributed by atoms with Gasteiger partial charge < -0.3 is 4.74 Å². The molecule has 0 amide bonds. The van der Waals surface area contributed by atoms with Crippen LogP contribution in [0.1, 0.15) is 32.1 Å². The number of sulfonamides is 1. The summed E-state index contributed by atoms with van der Waals surface area (Å²) in [5.74, 6) is -0.722. The first-order chi connectivity index (χ1) is 6.44. The molecule has 0 saturated heterocycles. The van der Waals surface area contributed by atoms with Gasteiger partial charge in [-0.1, -0.05) is 19.3 Å². The van der Waals surface area contributed by atoms with Crippen LogP contribution in [-0.2, 0) is 19.6 Å². The summed E-state index contributed by atoms with van der Waals surface area (Å²) in [6.07, 6.45) is 2.89. The molecule has 0 bridgehead atoms. The molecule has 0 spiro atoms. The van der Waals surface area contributed by atoms with Crippen molar-refractivity contribution in [3.63, 3.8) is 0 Å². The SMILES string of the molecule is COC(=O)C1(S(N)(=O)=O)CCCCC1. The molecule has 1 aliphatic carbocycles. The zero-order valence-corrected chi connectivity index (χ0v) is 8.97. The molecule has 0 radical (unpaired) electrons. The third kappa shape index (κ3) is 1.76. The number of hydrogen-bond donors (Lipinski definition) is 1. The normalized spacial score (nSPS) is 21.6. The summed E-state index contributed by atoms with van der Waals surface area (Å²) in [5, 5.41) is 5.09. The summed E-state index contributed by atoms with van der Waals surface area (Å²) in [7, 11) is -2.69. The Bertz CT molecular complexity index is 316. The van der Waals surface area contributed by atoms with E-state index in [9.17, 15) is 13.2 Å². The first-order valence-corrected chi connectivity index (χ1v) is 6.09. The molecule has 2 N–H and O–H groups in total. The fourth-order valence-electron chi connectivity index (χ4n) is 1.91. The molecule has 82 valence electrons. The number of primary sulfonamides is 1. The van der Waals surface area contributed by atoms with E-state index < -0.39 is 20.7 Å². The van der Waals surface area contributed by atoms with Gasteiger partial charge in [-0.25, -0.2) is 13.6 Å². The minimum atomic E-state index is -3.87. The van der Waals surface area contributed by atoms with Gasteiger partial charge >= 0.3 is 5.97 Å². The standard InChI is InChI=1S/C8H15NO4S/c1-13-7(10)8(14(9,11)12)5-3-2-4-6-8/h2-6H2,1H3,(H2,9,11,12). The maximum absolute atomic E-state index is 11.5. The highest BCUT2D eigenvalue weighted by molar-refractivity contribution is 7.91. The van der Waals surface area contributed by atoms with E-state index in [0.29, 0.717) is 12.8 Å². The molecule has 14 heavy (non-hydrogen) atoms. The fraction of sp³-hybridized carbons (Fsp3) is 0.875. The van der Waals surface area contributed by atoms with E-state index in [-0.39, 0.29) is 12.8 Å². The second kappa shape index (κ2) is 3.86. The average molecular weight is 221 g/mol. The van der Waals surface area contributed by atoms with E-state index in [1.807, 2.05) is 0 Å². The summed E-state index contributed by atoms with van der Waals surface area (Å²) in [6.45, 7) is 0. The van der Waals surface area contributed by atoms with E-state index in [4.69, 9.17) is 5.14 Å². The lowest BCUT2D eigenvalue weighted by Gasteiger charge is -2.31. The minimum Gasteiger partial charge on any atom is -0.468 e. The Morgan fingerprint density at radius 2 is 1.79 bits per heavy atom. The zero-order chi connectivity index (χ0) is 10.8. The van der Waals surface area contributed by atoms with Gasteiger partial charge in [0.1, 0.15) is 0 Å². The van der Waals surface area contributed by atoms with E-state index in [0.717, 1.165) is 6.42 Å². The molecule has 0 aromatic carbocycles. The molecule has 1 aliphatic rings. The first kappa shape index (κ1) is 11.5. The van der Waals surface area contributed by atoms with Crippen molar-refractivity contribution in [3.8, 4) is 0 Å². The Morgan fingerprint density at radius 3 is 2.14 bits per heavy atom. The van der Waals surface area contributed by atoms with Crippen LogP contribution in [0.3, 0.4) is 0 Å². The molecule has 0 unspecified atom stereocenters. The Labute approximate surface area is 83.7 Å². The van der Waals surface area contributed by atoms with Crippen molar-refractivity contribution in [1.29, 1.82) is 0 Å². The number of carbonyl (C=O) groups excluding carboxylic acids is 1. The summed E-state index contributed by atoms with van der Waals surface area (Å²) in [5.41, 5.74) is 0. The highest BCUT2D eigenvalue weighted by atomic mass is 32.2. The van der Waals surface area contributed by atoms with Crippen LogP contribution in [0.2, 0.25) is 0 Å². The number of methoxy groups -OCH3 is 1. The van der Waals surface area contributed by atoms with Gasteiger partial charge in [0.15, 0.2) is 4.75 Å². The Morgan fingerprint density at radius 1 is 1.29 bits per heavy atom. The number of hydrogen-bond acceptors (Lipinski definition) is 4. The summed E-state index contributed by atoms with van der Waals surface area (Å²) in [4.78, 5) is 11.5. The molecular weight excluding hydrogens is 206 g/mol. The predicted molar refractivity (Wildman–Crippen MR) is 50.9 cm³/mol. The smallest absolute Gasteiger partial charge is 0.328 e. The summed E-state index contributed by atoms with van der Waals surface area (Å²) < 4.78 is 25.8. The molecule has 1 rings (SSSR count). The van der Waals surface area contributed by atoms with Crippen molar-refractivity contribution < 1.29 is 17.9 Å². The van der Waals surface area contributed by atoms with Gasteiger partial charge in [-0.3, -0.25) is 4.79 Å². The Balaban J connectivity index is 3.07. The topological polar surface area (TPSA) is 86.5 Å². The van der Waals surface area contributed by atoms with Crippen LogP contribution in [-0.4, -0.2) is 26.2 Å². The predicted octanol–water partition coefficient (Wildman–Crippen LogP) is 0.151. The van der Waals surface area contributed by atoms with Crippen molar-refractivity contribution >= 4 is 16.0 Å². The van der Waals surface area contributed by atoms with Crippen molar-refractivity contribution in [2.24, 2.45) is 5.14 Å². The van der Waals surface area contributed by atoms with Gasteiger partial charge in [0.2, 0.25) is 10.0 Å². The molecular formula is C8H15NO4S. The van der Waals surface area contributed by atoms with Crippen LogP contribution >= 0.6 is 0 Å². The molecule has 1 saturated carbocycles. The summed E-state index contributed by atoms with van der Waals surface area (Å²) >= 11 is 0. The largest absolute Gasteiger partial charge is 0.468 e. The molecule has 0 heterocycles. The molecule has 0 aliphatic heterocycles. The van der Waals surface area contributed by atoms with Crippen LogP contribution in [0.4, 0.5) is 0 Å². The maximum Gasteiger partial charge on any atom is 0.328 e. The van der Waals surface area contributed by atoms with Gasteiger partial charge in [-0.2, -0.15) is 0 Å². The third-order valence-electron chi connectivity index (χ3n) is 2.76. The number of ether oxygens (including phenoxy) is 1. The van der Waals surface area contributed by atoms with Crippen LogP contribution in [0, 0.1) is 0 Å². The third-order valence-corrected chi connectivity index (χ3v) is 4.43. The lowest BCUT2D eigenvalue weighted by Crippen LogP contribution is -2.51. The maximum atomic E-state index is 11.5. The van der Waals surface area contributed by atoms with E-state index in [1.54, 1.807) is 0 Å². The highest BCUT2D eigenvalue weighted by Crippen LogP contribution is 2.34. The molecule has 1 fully saturated rings. The molecule has 0 aromatic heterocycles. The van der Waals surface area contributed by atoms with Gasteiger partial charge in [-0.05, 0) is 12.8 Å². The first-order valence-electron chi connectivity index (χ1n) is 4.55. The number of esters is 1. The van der Waals surface area contributed by atoms with E-state index >= 15 is 0 Å². The second-order valence-corrected chi connectivity index (χ2v) is 5.46.